The summed E-state index contributed by atoms with van der Waals surface area (Å²) < 4.78 is 0. The Morgan fingerprint density at radius 3 is 2.10 bits per heavy atom. The molecule has 0 unspecified atom stereocenters. The van der Waals surface area contributed by atoms with Gasteiger partial charge in [0.05, 0.1) is 12.1 Å². The molecule has 0 rings (SSSR count). The minimum atomic E-state index is -0.968. The molecule has 0 aliphatic heterocycles. The third kappa shape index (κ3) is 10.9. The first kappa shape index (κ1) is 28.5. The van der Waals surface area contributed by atoms with Crippen LogP contribution in [0.15, 0.2) is 4.99 Å². The fourth-order valence-corrected chi connectivity index (χ4v) is 3.16. The van der Waals surface area contributed by atoms with Crippen LogP contribution in [-0.2, 0) is 19.2 Å². The number of aliphatic imine (C=N–C) groups is 1. The Morgan fingerprint density at radius 1 is 1.06 bits per heavy atom. The summed E-state index contributed by atoms with van der Waals surface area (Å²) in [6, 6.07) is -2.69. The van der Waals surface area contributed by atoms with Gasteiger partial charge in [-0.05, 0) is 37.5 Å². The molecule has 31 heavy (non-hydrogen) atoms. The molecule has 0 aliphatic rings. The molecular weight excluding hydrogens is 400 g/mol. The molecule has 0 fully saturated rings. The Bertz CT molecular complexity index is 631. The lowest BCUT2D eigenvalue weighted by Gasteiger charge is -2.31. The van der Waals surface area contributed by atoms with E-state index in [1.165, 1.54) is 0 Å². The van der Waals surface area contributed by atoms with Gasteiger partial charge in [-0.15, -0.1) is 0 Å². The fraction of sp³-hybridized carbons (Fsp3) is 0.762. The summed E-state index contributed by atoms with van der Waals surface area (Å²) in [5.74, 6) is -1.35. The summed E-state index contributed by atoms with van der Waals surface area (Å²) in [6.45, 7) is 9.58. The van der Waals surface area contributed by atoms with E-state index in [4.69, 9.17) is 17.2 Å². The van der Waals surface area contributed by atoms with E-state index in [1.54, 1.807) is 6.92 Å². The van der Waals surface area contributed by atoms with E-state index < -0.39 is 35.8 Å². The highest BCUT2D eigenvalue weighted by atomic mass is 16.2. The fourth-order valence-electron chi connectivity index (χ4n) is 3.16. The number of hydrogen-bond acceptors (Lipinski definition) is 6. The summed E-state index contributed by atoms with van der Waals surface area (Å²) in [5, 5.41) is 2.70. The smallest absolute Gasteiger partial charge is 0.252 e. The average Bonchev–Trinajstić information content (AvgIpc) is 2.67. The van der Waals surface area contributed by atoms with Crippen molar-refractivity contribution in [2.75, 3.05) is 6.54 Å². The van der Waals surface area contributed by atoms with Crippen molar-refractivity contribution in [2.45, 2.75) is 84.8 Å². The van der Waals surface area contributed by atoms with E-state index in [9.17, 15) is 19.2 Å². The predicted molar refractivity (Wildman–Crippen MR) is 121 cm³/mol. The maximum atomic E-state index is 13.3. The van der Waals surface area contributed by atoms with Gasteiger partial charge in [-0.2, -0.15) is 0 Å². The van der Waals surface area contributed by atoms with Gasteiger partial charge in [0.2, 0.25) is 11.8 Å². The van der Waals surface area contributed by atoms with Crippen molar-refractivity contribution in [1.82, 2.24) is 10.2 Å². The quantitative estimate of drug-likeness (QED) is 0.130. The van der Waals surface area contributed by atoms with Crippen LogP contribution in [0, 0.1) is 11.8 Å². The summed E-state index contributed by atoms with van der Waals surface area (Å²) >= 11 is 0. The SMILES string of the molecule is CCC(=O)N(C(=O)[C@H](CC(C)C)NC(=O)[C@@H](N)CC(C)C)[C@H](C=O)CCCN=C(N)N. The molecule has 0 aromatic rings. The van der Waals surface area contributed by atoms with Crippen LogP contribution in [0.4, 0.5) is 0 Å². The lowest BCUT2D eigenvalue weighted by Crippen LogP contribution is -2.57. The van der Waals surface area contributed by atoms with Gasteiger partial charge >= 0.3 is 0 Å². The van der Waals surface area contributed by atoms with Gasteiger partial charge in [-0.3, -0.25) is 24.3 Å². The summed E-state index contributed by atoms with van der Waals surface area (Å²) in [5.41, 5.74) is 16.5. The highest BCUT2D eigenvalue weighted by Gasteiger charge is 2.35. The number of nitrogens with two attached hydrogens (primary N) is 3. The predicted octanol–water partition coefficient (Wildman–Crippen LogP) is 0.277. The maximum Gasteiger partial charge on any atom is 0.252 e. The van der Waals surface area contributed by atoms with Crippen LogP contribution in [0.5, 0.6) is 0 Å². The topological polar surface area (TPSA) is 174 Å². The number of imide groups is 1. The van der Waals surface area contributed by atoms with Crippen LogP contribution in [0.1, 0.15) is 66.7 Å². The maximum absolute atomic E-state index is 13.3. The second-order valence-electron chi connectivity index (χ2n) is 8.53. The Morgan fingerprint density at radius 2 is 1.65 bits per heavy atom. The highest BCUT2D eigenvalue weighted by Crippen LogP contribution is 2.15. The van der Waals surface area contributed by atoms with E-state index in [1.807, 2.05) is 27.7 Å². The van der Waals surface area contributed by atoms with Gasteiger partial charge in [0.15, 0.2) is 5.96 Å². The molecule has 3 atom stereocenters. The zero-order chi connectivity index (χ0) is 24.1. The molecule has 0 aromatic heterocycles. The molecule has 10 nitrogen and oxygen atoms in total. The number of carbonyl (C=O) groups is 4. The lowest BCUT2D eigenvalue weighted by molar-refractivity contribution is -0.152. The van der Waals surface area contributed by atoms with Crippen LogP contribution in [0.3, 0.4) is 0 Å². The molecule has 0 saturated carbocycles. The zero-order valence-corrected chi connectivity index (χ0v) is 19.5. The molecule has 0 saturated heterocycles. The van der Waals surface area contributed by atoms with Gasteiger partial charge in [0.25, 0.3) is 5.91 Å². The monoisotopic (exact) mass is 440 g/mol. The molecule has 0 radical (unpaired) electrons. The van der Waals surface area contributed by atoms with E-state index in [0.29, 0.717) is 25.5 Å². The van der Waals surface area contributed by atoms with Gasteiger partial charge < -0.3 is 27.3 Å². The molecular formula is C21H40N6O4. The van der Waals surface area contributed by atoms with Crippen molar-refractivity contribution in [2.24, 2.45) is 34.0 Å². The van der Waals surface area contributed by atoms with E-state index in [0.717, 1.165) is 4.90 Å². The van der Waals surface area contributed by atoms with E-state index in [2.05, 4.69) is 10.3 Å². The molecule has 10 heteroatoms. The number of nitrogens with one attached hydrogen (secondary N) is 1. The molecule has 178 valence electrons. The molecule has 0 spiro atoms. The number of aldehydes is 1. The van der Waals surface area contributed by atoms with Gasteiger partial charge in [0, 0.05) is 13.0 Å². The van der Waals surface area contributed by atoms with Crippen molar-refractivity contribution < 1.29 is 19.2 Å². The third-order valence-corrected chi connectivity index (χ3v) is 4.63. The zero-order valence-electron chi connectivity index (χ0n) is 19.5. The standard InChI is InChI=1S/C21H40N6O4/c1-6-18(29)27(15(12-28)8-7-9-25-21(23)24)20(31)17(11-14(4)5)26-19(30)16(22)10-13(2)3/h12-17H,6-11,22H2,1-5H3,(H,26,30)(H4,23,24,25)/t15-,16-,17-/m0/s1. The van der Waals surface area contributed by atoms with Crippen molar-refractivity contribution >= 4 is 30.0 Å². The van der Waals surface area contributed by atoms with Crippen LogP contribution >= 0.6 is 0 Å². The number of carbonyl (C=O) groups excluding carboxylic acids is 4. The number of rotatable bonds is 14. The number of hydrogen-bond donors (Lipinski definition) is 4. The number of nitrogens with zero attached hydrogens (tertiary/aromatic N) is 2. The third-order valence-electron chi connectivity index (χ3n) is 4.63. The molecule has 0 heterocycles. The number of guanidine groups is 1. The summed E-state index contributed by atoms with van der Waals surface area (Å²) in [6.07, 6.45) is 2.01. The summed E-state index contributed by atoms with van der Waals surface area (Å²) in [4.78, 5) is 55.0. The first-order valence-corrected chi connectivity index (χ1v) is 10.9. The van der Waals surface area contributed by atoms with Crippen molar-refractivity contribution in [3.63, 3.8) is 0 Å². The minimum absolute atomic E-state index is 0.0409. The van der Waals surface area contributed by atoms with Gasteiger partial charge in [0.1, 0.15) is 12.3 Å². The second kappa shape index (κ2) is 14.5. The Balaban J connectivity index is 5.63. The van der Waals surface area contributed by atoms with Crippen molar-refractivity contribution in [3.05, 3.63) is 0 Å². The van der Waals surface area contributed by atoms with Crippen LogP contribution in [-0.4, -0.2) is 59.5 Å². The van der Waals surface area contributed by atoms with E-state index in [-0.39, 0.29) is 37.2 Å². The van der Waals surface area contributed by atoms with Gasteiger partial charge in [-0.25, -0.2) is 0 Å². The Labute approximate surface area is 185 Å². The van der Waals surface area contributed by atoms with Crippen LogP contribution in [0.2, 0.25) is 0 Å². The molecule has 0 aliphatic carbocycles. The highest BCUT2D eigenvalue weighted by molar-refractivity contribution is 6.01. The lowest BCUT2D eigenvalue weighted by atomic mass is 9.99. The first-order chi connectivity index (χ1) is 14.4. The Hall–Kier alpha value is -2.49. The second-order valence-corrected chi connectivity index (χ2v) is 8.53. The molecule has 3 amide bonds. The van der Waals surface area contributed by atoms with Crippen molar-refractivity contribution in [1.29, 1.82) is 0 Å². The molecule has 0 bridgehead atoms. The van der Waals surface area contributed by atoms with E-state index >= 15 is 0 Å². The largest absolute Gasteiger partial charge is 0.370 e. The Kier molecular flexibility index (Phi) is 13.3. The molecule has 7 N–H and O–H groups in total. The van der Waals surface area contributed by atoms with Gasteiger partial charge in [-0.1, -0.05) is 34.6 Å². The van der Waals surface area contributed by atoms with Crippen molar-refractivity contribution in [3.8, 4) is 0 Å². The normalized spacial score (nSPS) is 13.9. The van der Waals surface area contributed by atoms with Crippen LogP contribution in [0.25, 0.3) is 0 Å². The minimum Gasteiger partial charge on any atom is -0.370 e. The average molecular weight is 441 g/mol. The summed E-state index contributed by atoms with van der Waals surface area (Å²) in [7, 11) is 0. The molecule has 0 aromatic carbocycles. The first-order valence-electron chi connectivity index (χ1n) is 10.9. The van der Waals surface area contributed by atoms with Crippen LogP contribution < -0.4 is 22.5 Å². The number of amides is 3.